The summed E-state index contributed by atoms with van der Waals surface area (Å²) in [5.74, 6) is -1.00. The van der Waals surface area contributed by atoms with Gasteiger partial charge in [0.05, 0.1) is 16.5 Å². The van der Waals surface area contributed by atoms with Crippen LogP contribution >= 0.6 is 11.3 Å². The fourth-order valence-electron chi connectivity index (χ4n) is 4.27. The summed E-state index contributed by atoms with van der Waals surface area (Å²) in [6, 6.07) is 6.22. The Morgan fingerprint density at radius 1 is 1.31 bits per heavy atom. The van der Waals surface area contributed by atoms with Gasteiger partial charge in [0.25, 0.3) is 5.56 Å². The van der Waals surface area contributed by atoms with Crippen molar-refractivity contribution in [2.24, 2.45) is 0 Å². The number of hydrogen-bond acceptors (Lipinski definition) is 7. The molecular weight excluding hydrogens is 484 g/mol. The number of carboxylic acids is 1. The fourth-order valence-corrected chi connectivity index (χ4v) is 5.52. The average Bonchev–Trinajstić information content (AvgIpc) is 3.27. The number of oxazole rings is 1. The van der Waals surface area contributed by atoms with Crippen LogP contribution in [0.25, 0.3) is 21.0 Å². The molecule has 0 radical (unpaired) electrons. The first-order valence-corrected chi connectivity index (χ1v) is 11.5. The summed E-state index contributed by atoms with van der Waals surface area (Å²) in [7, 11) is 0. The number of carbonyl (C=O) groups is 1. The van der Waals surface area contributed by atoms with Crippen molar-refractivity contribution in [3.63, 3.8) is 0 Å². The van der Waals surface area contributed by atoms with Crippen LogP contribution in [0.4, 0.5) is 8.78 Å². The number of nitrogens with zero attached hydrogens (tertiary/aromatic N) is 3. The zero-order valence-electron chi connectivity index (χ0n) is 18.4. The number of rotatable bonds is 8. The molecule has 1 aliphatic rings. The van der Waals surface area contributed by atoms with Gasteiger partial charge in [-0.25, -0.2) is 19.1 Å². The third-order valence-corrected chi connectivity index (χ3v) is 7.48. The smallest absolute Gasteiger partial charge is 0.387 e. The molecular formula is C23H19F2N3O6S. The number of carboxylic acid groups (broad SMARTS) is 1. The minimum absolute atomic E-state index is 0.0000987. The van der Waals surface area contributed by atoms with Gasteiger partial charge in [0.2, 0.25) is 5.89 Å². The van der Waals surface area contributed by atoms with Crippen molar-refractivity contribution in [1.29, 1.82) is 0 Å². The zero-order valence-corrected chi connectivity index (χ0v) is 19.2. The molecule has 4 aromatic rings. The second kappa shape index (κ2) is 8.45. The quantitative estimate of drug-likeness (QED) is 0.390. The highest BCUT2D eigenvalue weighted by molar-refractivity contribution is 7.22. The van der Waals surface area contributed by atoms with Gasteiger partial charge < -0.3 is 14.3 Å². The van der Waals surface area contributed by atoms with E-state index in [-0.39, 0.29) is 42.8 Å². The van der Waals surface area contributed by atoms with E-state index in [2.05, 4.69) is 9.72 Å². The number of aromatic nitrogens is 3. The molecule has 1 N–H and O–H groups in total. The summed E-state index contributed by atoms with van der Waals surface area (Å²) >= 11 is 1.13. The fraction of sp³-hybridized carbons (Fsp3) is 0.304. The van der Waals surface area contributed by atoms with Crippen LogP contribution in [0.2, 0.25) is 0 Å². The second-order valence-corrected chi connectivity index (χ2v) is 9.22. The molecule has 0 saturated heterocycles. The summed E-state index contributed by atoms with van der Waals surface area (Å²) in [5.41, 5.74) is -2.10. The lowest BCUT2D eigenvalue weighted by Crippen LogP contribution is -2.48. The first-order valence-electron chi connectivity index (χ1n) is 10.7. The summed E-state index contributed by atoms with van der Waals surface area (Å²) in [5, 5.41) is 10.0. The summed E-state index contributed by atoms with van der Waals surface area (Å²) < 4.78 is 37.8. The van der Waals surface area contributed by atoms with E-state index >= 15 is 0 Å². The molecule has 1 aromatic carbocycles. The zero-order chi connectivity index (χ0) is 24.9. The third-order valence-electron chi connectivity index (χ3n) is 6.18. The minimum Gasteiger partial charge on any atom is -0.479 e. The van der Waals surface area contributed by atoms with Crippen LogP contribution in [0, 0.1) is 6.92 Å². The lowest BCUT2D eigenvalue weighted by Gasteiger charge is -2.17. The van der Waals surface area contributed by atoms with Gasteiger partial charge in [-0.3, -0.25) is 9.36 Å². The summed E-state index contributed by atoms with van der Waals surface area (Å²) in [6.07, 6.45) is 3.28. The van der Waals surface area contributed by atoms with Gasteiger partial charge in [0, 0.05) is 6.54 Å². The highest BCUT2D eigenvalue weighted by Crippen LogP contribution is 2.43. The SMILES string of the molecule is Cc1c(-c2ncco2)sc2c1c(=O)n(C1(C(=O)O)CC1)c(=O)n2CCc1ccccc1OC(F)F. The number of thiophene rings is 1. The van der Waals surface area contributed by atoms with Crippen LogP contribution < -0.4 is 16.0 Å². The minimum atomic E-state index is -3.01. The third kappa shape index (κ3) is 3.73. The number of ether oxygens (including phenoxy) is 1. The van der Waals surface area contributed by atoms with E-state index in [1.54, 1.807) is 25.1 Å². The Morgan fingerprint density at radius 3 is 2.69 bits per heavy atom. The van der Waals surface area contributed by atoms with Crippen molar-refractivity contribution in [2.45, 2.75) is 44.9 Å². The molecule has 35 heavy (non-hydrogen) atoms. The number of halogens is 2. The number of fused-ring (bicyclic) bond motifs is 1. The van der Waals surface area contributed by atoms with Crippen molar-refractivity contribution in [3.8, 4) is 16.5 Å². The van der Waals surface area contributed by atoms with Crippen LogP contribution in [0.5, 0.6) is 5.75 Å². The summed E-state index contributed by atoms with van der Waals surface area (Å²) in [6.45, 7) is -1.33. The van der Waals surface area contributed by atoms with E-state index in [9.17, 15) is 28.3 Å². The molecule has 5 rings (SSSR count). The van der Waals surface area contributed by atoms with Crippen molar-refractivity contribution >= 4 is 27.5 Å². The Morgan fingerprint density at radius 2 is 2.06 bits per heavy atom. The van der Waals surface area contributed by atoms with E-state index in [1.807, 2.05) is 0 Å². The number of para-hydroxylation sites is 1. The largest absolute Gasteiger partial charge is 0.479 e. The molecule has 0 aliphatic heterocycles. The van der Waals surface area contributed by atoms with E-state index in [4.69, 9.17) is 4.42 Å². The van der Waals surface area contributed by atoms with Gasteiger partial charge >= 0.3 is 18.3 Å². The van der Waals surface area contributed by atoms with Crippen LogP contribution in [0.1, 0.15) is 24.0 Å². The Labute approximate surface area is 199 Å². The average molecular weight is 503 g/mol. The van der Waals surface area contributed by atoms with Gasteiger partial charge in [0.1, 0.15) is 22.4 Å². The highest BCUT2D eigenvalue weighted by Gasteiger charge is 2.54. The molecule has 0 amide bonds. The molecule has 3 heterocycles. The molecule has 1 saturated carbocycles. The number of alkyl halides is 2. The maximum Gasteiger partial charge on any atom is 0.387 e. The van der Waals surface area contributed by atoms with Crippen molar-refractivity contribution in [3.05, 3.63) is 68.7 Å². The lowest BCUT2D eigenvalue weighted by atomic mass is 10.1. The number of benzene rings is 1. The van der Waals surface area contributed by atoms with E-state index in [1.165, 1.54) is 23.1 Å². The molecule has 1 aliphatic carbocycles. The van der Waals surface area contributed by atoms with Gasteiger partial charge in [-0.15, -0.1) is 11.3 Å². The monoisotopic (exact) mass is 503 g/mol. The predicted octanol–water partition coefficient (Wildman–Crippen LogP) is 3.61. The van der Waals surface area contributed by atoms with Crippen molar-refractivity contribution < 1.29 is 27.8 Å². The Bertz CT molecular complexity index is 1550. The number of aryl methyl sites for hydroxylation is 3. The summed E-state index contributed by atoms with van der Waals surface area (Å²) in [4.78, 5) is 44.1. The molecule has 0 spiro atoms. The standard InChI is InChI=1S/C23H19F2N3O6S/c1-12-15-18(29)28(23(7-8-23)20(30)31)22(32)27(19(15)35-16(12)17-26-9-11-33-17)10-6-13-4-2-3-5-14(13)34-21(24)25/h2-5,9,11,21H,6-8,10H2,1H3,(H,30,31). The van der Waals surface area contributed by atoms with Crippen molar-refractivity contribution in [1.82, 2.24) is 14.1 Å². The molecule has 3 aromatic heterocycles. The molecule has 0 bridgehead atoms. The molecule has 12 heteroatoms. The van der Waals surface area contributed by atoms with Crippen LogP contribution in [-0.4, -0.2) is 31.8 Å². The van der Waals surface area contributed by atoms with Crippen LogP contribution in [0.3, 0.4) is 0 Å². The van der Waals surface area contributed by atoms with E-state index < -0.39 is 29.4 Å². The molecule has 0 unspecified atom stereocenters. The van der Waals surface area contributed by atoms with E-state index in [0.29, 0.717) is 20.8 Å². The topological polar surface area (TPSA) is 117 Å². The lowest BCUT2D eigenvalue weighted by molar-refractivity contribution is -0.142. The maximum absolute atomic E-state index is 13.6. The second-order valence-electron chi connectivity index (χ2n) is 8.22. The Hall–Kier alpha value is -3.80. The van der Waals surface area contributed by atoms with Crippen molar-refractivity contribution in [2.75, 3.05) is 0 Å². The predicted molar refractivity (Wildman–Crippen MR) is 122 cm³/mol. The van der Waals surface area contributed by atoms with E-state index in [0.717, 1.165) is 15.9 Å². The molecule has 1 fully saturated rings. The molecule has 0 atom stereocenters. The Kier molecular flexibility index (Phi) is 5.55. The normalized spacial score (nSPS) is 14.5. The highest BCUT2D eigenvalue weighted by atomic mass is 32.1. The Balaban J connectivity index is 1.70. The van der Waals surface area contributed by atoms with Crippen LogP contribution in [0.15, 0.2) is 50.7 Å². The number of hydrogen-bond donors (Lipinski definition) is 1. The first-order chi connectivity index (χ1) is 16.7. The van der Waals surface area contributed by atoms with Gasteiger partial charge in [-0.05, 0) is 43.4 Å². The van der Waals surface area contributed by atoms with Gasteiger partial charge in [-0.2, -0.15) is 8.78 Å². The van der Waals surface area contributed by atoms with Gasteiger partial charge in [0.15, 0.2) is 0 Å². The maximum atomic E-state index is 13.6. The van der Waals surface area contributed by atoms with Crippen LogP contribution in [-0.2, 0) is 23.3 Å². The molecule has 182 valence electrons. The molecule has 9 nitrogen and oxygen atoms in total. The van der Waals surface area contributed by atoms with Gasteiger partial charge in [-0.1, -0.05) is 18.2 Å². The first kappa shape index (κ1) is 23.0. The number of aliphatic carboxylic acids is 1.